The van der Waals surface area contributed by atoms with Crippen LogP contribution in [0, 0.1) is 0 Å². The lowest BCUT2D eigenvalue weighted by atomic mass is 9.95. The minimum Gasteiger partial charge on any atom is -0.503 e. The molecular weight excluding hydrogens is 390 g/mol. The minimum absolute atomic E-state index is 0.0364. The van der Waals surface area contributed by atoms with Crippen LogP contribution in [0.25, 0.3) is 6.08 Å². The second-order valence-electron chi connectivity index (χ2n) is 7.06. The van der Waals surface area contributed by atoms with Gasteiger partial charge in [0, 0.05) is 5.69 Å². The molecule has 0 bridgehead atoms. The largest absolute Gasteiger partial charge is 0.503 e. The van der Waals surface area contributed by atoms with Gasteiger partial charge in [-0.1, -0.05) is 66.7 Å². The highest BCUT2D eigenvalue weighted by molar-refractivity contribution is 6.19. The molecule has 31 heavy (non-hydrogen) atoms. The number of hydrogen-bond acceptors (Lipinski definition) is 4. The zero-order chi connectivity index (χ0) is 21.8. The summed E-state index contributed by atoms with van der Waals surface area (Å²) in [6.45, 7) is 0. The molecule has 0 saturated heterocycles. The molecule has 0 aliphatic carbocycles. The number of allylic oxidation sites excluding steroid dienone is 1. The lowest BCUT2D eigenvalue weighted by Gasteiger charge is -2.27. The van der Waals surface area contributed by atoms with Gasteiger partial charge in [0.1, 0.15) is 5.75 Å². The van der Waals surface area contributed by atoms with Crippen molar-refractivity contribution in [2.45, 2.75) is 6.04 Å². The van der Waals surface area contributed by atoms with Gasteiger partial charge < -0.3 is 9.84 Å². The van der Waals surface area contributed by atoms with E-state index >= 15 is 0 Å². The van der Waals surface area contributed by atoms with E-state index in [1.54, 1.807) is 55.7 Å². The van der Waals surface area contributed by atoms with Crippen LogP contribution < -0.4 is 9.64 Å². The molecule has 154 valence electrons. The third-order valence-corrected chi connectivity index (χ3v) is 5.14. The molecule has 5 nitrogen and oxygen atoms in total. The average Bonchev–Trinajstić information content (AvgIpc) is 3.09. The normalized spacial score (nSPS) is 16.2. The quantitative estimate of drug-likeness (QED) is 0.587. The van der Waals surface area contributed by atoms with E-state index in [9.17, 15) is 14.7 Å². The first kappa shape index (κ1) is 20.2. The van der Waals surface area contributed by atoms with Gasteiger partial charge in [-0.25, -0.2) is 0 Å². The van der Waals surface area contributed by atoms with Crippen molar-refractivity contribution in [3.63, 3.8) is 0 Å². The van der Waals surface area contributed by atoms with Crippen molar-refractivity contribution < 1.29 is 19.4 Å². The number of ketones is 1. The molecule has 1 aliphatic rings. The Kier molecular flexibility index (Phi) is 5.67. The monoisotopic (exact) mass is 411 g/mol. The smallest absolute Gasteiger partial charge is 0.294 e. The zero-order valence-corrected chi connectivity index (χ0v) is 16.9. The van der Waals surface area contributed by atoms with Crippen molar-refractivity contribution in [3.8, 4) is 5.75 Å². The van der Waals surface area contributed by atoms with Crippen molar-refractivity contribution >= 4 is 23.5 Å². The second kappa shape index (κ2) is 8.71. The molecule has 0 aromatic heterocycles. The Labute approximate surface area is 180 Å². The highest BCUT2D eigenvalue weighted by Gasteiger charge is 2.43. The van der Waals surface area contributed by atoms with Crippen molar-refractivity contribution in [1.82, 2.24) is 0 Å². The molecule has 3 aromatic rings. The first-order valence-electron chi connectivity index (χ1n) is 9.83. The summed E-state index contributed by atoms with van der Waals surface area (Å²) < 4.78 is 5.33. The maximum atomic E-state index is 13.2. The van der Waals surface area contributed by atoms with Crippen LogP contribution in [0.15, 0.2) is 102 Å². The molecule has 4 rings (SSSR count). The van der Waals surface area contributed by atoms with Gasteiger partial charge in [-0.2, -0.15) is 0 Å². The molecule has 0 fully saturated rings. The first-order chi connectivity index (χ1) is 15.1. The molecule has 1 aliphatic heterocycles. The number of para-hydroxylation sites is 1. The fourth-order valence-corrected chi connectivity index (χ4v) is 3.66. The number of methoxy groups -OCH3 is 1. The molecule has 1 atom stereocenters. The Hall–Kier alpha value is -4.12. The maximum absolute atomic E-state index is 13.2. The number of anilines is 1. The molecule has 1 N–H and O–H groups in total. The molecule has 1 heterocycles. The van der Waals surface area contributed by atoms with Gasteiger partial charge in [-0.3, -0.25) is 14.5 Å². The molecule has 3 aromatic carbocycles. The highest BCUT2D eigenvalue weighted by atomic mass is 16.5. The zero-order valence-electron chi connectivity index (χ0n) is 16.9. The van der Waals surface area contributed by atoms with Crippen molar-refractivity contribution in [2.24, 2.45) is 0 Å². The minimum atomic E-state index is -0.780. The van der Waals surface area contributed by atoms with Crippen LogP contribution >= 0.6 is 0 Å². The van der Waals surface area contributed by atoms with E-state index in [0.29, 0.717) is 17.0 Å². The highest BCUT2D eigenvalue weighted by Crippen LogP contribution is 2.41. The average molecular weight is 411 g/mol. The van der Waals surface area contributed by atoms with Gasteiger partial charge in [-0.15, -0.1) is 0 Å². The van der Waals surface area contributed by atoms with Crippen molar-refractivity contribution in [2.75, 3.05) is 12.0 Å². The van der Waals surface area contributed by atoms with E-state index in [1.165, 1.54) is 11.0 Å². The lowest BCUT2D eigenvalue weighted by molar-refractivity contribution is -0.117. The third kappa shape index (κ3) is 3.98. The number of hydrogen-bond donors (Lipinski definition) is 1. The molecule has 1 unspecified atom stereocenters. The number of carbonyl (C=O) groups is 2. The Balaban J connectivity index is 1.80. The van der Waals surface area contributed by atoms with Crippen LogP contribution in [0.4, 0.5) is 5.69 Å². The van der Waals surface area contributed by atoms with Crippen LogP contribution in [0.2, 0.25) is 0 Å². The fraction of sp³-hybridized carbons (Fsp3) is 0.0769. The van der Waals surface area contributed by atoms with Gasteiger partial charge in [0.2, 0.25) is 0 Å². The lowest BCUT2D eigenvalue weighted by Crippen LogP contribution is -2.30. The molecule has 0 saturated carbocycles. The van der Waals surface area contributed by atoms with Gasteiger partial charge >= 0.3 is 0 Å². The molecule has 0 spiro atoms. The maximum Gasteiger partial charge on any atom is 0.294 e. The molecule has 0 radical (unpaired) electrons. The number of benzene rings is 3. The standard InChI is InChI=1S/C26H21NO4/c1-31-21-14-8-11-19(17-21)24-23(22(28)16-15-18-9-4-2-5-10-18)25(29)26(30)27(24)20-12-6-3-7-13-20/h2-17,24,29H,1H3/b16-15+. The van der Waals surface area contributed by atoms with Crippen molar-refractivity contribution in [3.05, 3.63) is 113 Å². The summed E-state index contributed by atoms with van der Waals surface area (Å²) in [4.78, 5) is 27.7. The summed E-state index contributed by atoms with van der Waals surface area (Å²) in [5, 5.41) is 10.7. The van der Waals surface area contributed by atoms with Crippen LogP contribution in [0.1, 0.15) is 17.2 Å². The van der Waals surface area contributed by atoms with Crippen LogP contribution in [0.5, 0.6) is 5.75 Å². The number of amides is 1. The Bertz CT molecular complexity index is 1170. The summed E-state index contributed by atoms with van der Waals surface area (Å²) in [7, 11) is 1.55. The van der Waals surface area contributed by atoms with E-state index in [-0.39, 0.29) is 5.57 Å². The van der Waals surface area contributed by atoms with E-state index in [2.05, 4.69) is 0 Å². The third-order valence-electron chi connectivity index (χ3n) is 5.14. The van der Waals surface area contributed by atoms with Gasteiger partial charge in [0.05, 0.1) is 18.7 Å². The summed E-state index contributed by atoms with van der Waals surface area (Å²) in [5.74, 6) is -0.994. The number of rotatable bonds is 6. The second-order valence-corrected chi connectivity index (χ2v) is 7.06. The number of nitrogens with zero attached hydrogens (tertiary/aromatic N) is 1. The number of aliphatic hydroxyl groups excluding tert-OH is 1. The van der Waals surface area contributed by atoms with Crippen LogP contribution in [-0.4, -0.2) is 23.9 Å². The molecule has 5 heteroatoms. The van der Waals surface area contributed by atoms with Crippen LogP contribution in [-0.2, 0) is 9.59 Å². The topological polar surface area (TPSA) is 66.8 Å². The number of aliphatic hydroxyl groups is 1. The van der Waals surface area contributed by atoms with Gasteiger partial charge in [-0.05, 0) is 41.5 Å². The van der Waals surface area contributed by atoms with E-state index in [1.807, 2.05) is 42.5 Å². The SMILES string of the molecule is COc1cccc(C2C(C(=O)/C=C/c3ccccc3)=C(O)C(=O)N2c2ccccc2)c1. The predicted octanol–water partition coefficient (Wildman–Crippen LogP) is 4.88. The van der Waals surface area contributed by atoms with Gasteiger partial charge in [0.15, 0.2) is 11.5 Å². The fourth-order valence-electron chi connectivity index (χ4n) is 3.66. The predicted molar refractivity (Wildman–Crippen MR) is 120 cm³/mol. The van der Waals surface area contributed by atoms with Gasteiger partial charge in [0.25, 0.3) is 5.91 Å². The summed E-state index contributed by atoms with van der Waals surface area (Å²) in [6, 6.07) is 24.7. The summed E-state index contributed by atoms with van der Waals surface area (Å²) in [6.07, 6.45) is 3.05. The van der Waals surface area contributed by atoms with Crippen LogP contribution in [0.3, 0.4) is 0 Å². The number of carbonyl (C=O) groups excluding carboxylic acids is 2. The Morgan fingerprint density at radius 3 is 2.32 bits per heavy atom. The Morgan fingerprint density at radius 1 is 0.968 bits per heavy atom. The summed E-state index contributed by atoms with van der Waals surface area (Å²) >= 11 is 0. The Morgan fingerprint density at radius 2 is 1.65 bits per heavy atom. The molecule has 1 amide bonds. The van der Waals surface area contributed by atoms with Crippen molar-refractivity contribution in [1.29, 1.82) is 0 Å². The summed E-state index contributed by atoms with van der Waals surface area (Å²) in [5.41, 5.74) is 2.13. The first-order valence-corrected chi connectivity index (χ1v) is 9.83. The van der Waals surface area contributed by atoms with E-state index < -0.39 is 23.5 Å². The van der Waals surface area contributed by atoms with E-state index in [4.69, 9.17) is 4.74 Å². The number of ether oxygens (including phenoxy) is 1. The van der Waals surface area contributed by atoms with E-state index in [0.717, 1.165) is 5.56 Å². The molecular formula is C26H21NO4.